The molecule has 2 rings (SSSR count). The lowest BCUT2D eigenvalue weighted by atomic mass is 10.1. The van der Waals surface area contributed by atoms with Crippen LogP contribution in [0, 0.1) is 0 Å². The van der Waals surface area contributed by atoms with Gasteiger partial charge in [0.15, 0.2) is 0 Å². The average Bonchev–Trinajstić information content (AvgIpc) is 2.71. The van der Waals surface area contributed by atoms with Crippen LogP contribution in [-0.4, -0.2) is 4.98 Å². The molecule has 1 aromatic rings. The Morgan fingerprint density at radius 2 is 2.38 bits per heavy atom. The molecule has 0 bridgehead atoms. The van der Waals surface area contributed by atoms with Crippen molar-refractivity contribution in [1.82, 2.24) is 4.98 Å². The molecule has 0 atom stereocenters. The molecule has 0 spiro atoms. The van der Waals surface area contributed by atoms with Gasteiger partial charge in [0.1, 0.15) is 0 Å². The number of allylic oxidation sites excluding steroid dienone is 2. The Balaban J connectivity index is 2.29. The zero-order valence-corrected chi connectivity index (χ0v) is 7.46. The highest BCUT2D eigenvalue weighted by Gasteiger charge is 2.08. The van der Waals surface area contributed by atoms with Gasteiger partial charge in [0.05, 0.1) is 11.4 Å². The molecule has 1 aliphatic carbocycles. The largest absolute Gasteiger partial charge is 0.324 e. The molecule has 0 amide bonds. The van der Waals surface area contributed by atoms with Crippen molar-refractivity contribution in [2.45, 2.75) is 19.3 Å². The standard InChI is InChI=1S/C10H13N3/c11-13-9-5-6-12-10(7-9)8-3-1-2-4-8/h3,5-7H,1-2,4,11H2,(H,12,13). The van der Waals surface area contributed by atoms with Gasteiger partial charge in [-0.25, -0.2) is 0 Å². The van der Waals surface area contributed by atoms with Crippen LogP contribution < -0.4 is 11.3 Å². The molecule has 0 unspecified atom stereocenters. The van der Waals surface area contributed by atoms with E-state index in [1.165, 1.54) is 18.4 Å². The molecule has 1 aromatic heterocycles. The van der Waals surface area contributed by atoms with Gasteiger partial charge in [-0.1, -0.05) is 6.08 Å². The second-order valence-corrected chi connectivity index (χ2v) is 3.20. The highest BCUT2D eigenvalue weighted by molar-refractivity contribution is 5.66. The average molecular weight is 175 g/mol. The first-order valence-corrected chi connectivity index (χ1v) is 4.52. The van der Waals surface area contributed by atoms with Gasteiger partial charge >= 0.3 is 0 Å². The van der Waals surface area contributed by atoms with Crippen LogP contribution in [-0.2, 0) is 0 Å². The summed E-state index contributed by atoms with van der Waals surface area (Å²) in [6.07, 6.45) is 7.60. The van der Waals surface area contributed by atoms with Gasteiger partial charge in [-0.3, -0.25) is 10.8 Å². The summed E-state index contributed by atoms with van der Waals surface area (Å²) in [7, 11) is 0. The molecule has 0 saturated heterocycles. The Morgan fingerprint density at radius 3 is 3.08 bits per heavy atom. The summed E-state index contributed by atoms with van der Waals surface area (Å²) >= 11 is 0. The van der Waals surface area contributed by atoms with Crippen molar-refractivity contribution in [1.29, 1.82) is 0 Å². The Bertz CT molecular complexity index is 331. The molecular weight excluding hydrogens is 162 g/mol. The third kappa shape index (κ3) is 1.70. The number of rotatable bonds is 2. The van der Waals surface area contributed by atoms with E-state index in [0.717, 1.165) is 17.8 Å². The zero-order chi connectivity index (χ0) is 9.10. The van der Waals surface area contributed by atoms with Crippen molar-refractivity contribution in [3.8, 4) is 0 Å². The third-order valence-electron chi connectivity index (χ3n) is 2.30. The van der Waals surface area contributed by atoms with E-state index in [1.807, 2.05) is 12.1 Å². The van der Waals surface area contributed by atoms with Crippen LogP contribution in [0.25, 0.3) is 5.57 Å². The van der Waals surface area contributed by atoms with Crippen molar-refractivity contribution in [3.05, 3.63) is 30.1 Å². The maximum Gasteiger partial charge on any atom is 0.0679 e. The van der Waals surface area contributed by atoms with Crippen LogP contribution in [0.15, 0.2) is 24.4 Å². The lowest BCUT2D eigenvalue weighted by Crippen LogP contribution is -2.07. The molecule has 0 fully saturated rings. The molecule has 1 heterocycles. The predicted molar refractivity (Wildman–Crippen MR) is 53.9 cm³/mol. The monoisotopic (exact) mass is 175 g/mol. The molecule has 0 aliphatic heterocycles. The van der Waals surface area contributed by atoms with E-state index in [4.69, 9.17) is 5.84 Å². The highest BCUT2D eigenvalue weighted by atomic mass is 15.2. The topological polar surface area (TPSA) is 50.9 Å². The van der Waals surface area contributed by atoms with E-state index in [2.05, 4.69) is 16.5 Å². The fourth-order valence-corrected chi connectivity index (χ4v) is 1.60. The second kappa shape index (κ2) is 3.58. The number of nitrogens with two attached hydrogens (primary N) is 1. The normalized spacial score (nSPS) is 15.6. The minimum Gasteiger partial charge on any atom is -0.324 e. The zero-order valence-electron chi connectivity index (χ0n) is 7.46. The number of aromatic nitrogens is 1. The van der Waals surface area contributed by atoms with E-state index < -0.39 is 0 Å². The van der Waals surface area contributed by atoms with Gasteiger partial charge < -0.3 is 5.43 Å². The quantitative estimate of drug-likeness (QED) is 0.533. The summed E-state index contributed by atoms with van der Waals surface area (Å²) in [6, 6.07) is 3.84. The highest BCUT2D eigenvalue weighted by Crippen LogP contribution is 2.26. The first-order valence-electron chi connectivity index (χ1n) is 4.52. The number of hydrogen-bond acceptors (Lipinski definition) is 3. The van der Waals surface area contributed by atoms with Gasteiger partial charge in [-0.05, 0) is 37.0 Å². The number of pyridine rings is 1. The molecule has 0 aromatic carbocycles. The number of nitrogens with one attached hydrogen (secondary N) is 1. The smallest absolute Gasteiger partial charge is 0.0679 e. The SMILES string of the molecule is NNc1ccnc(C2=CCCC2)c1. The molecule has 3 nitrogen and oxygen atoms in total. The molecule has 0 radical (unpaired) electrons. The minimum atomic E-state index is 0.915. The minimum absolute atomic E-state index is 0.915. The van der Waals surface area contributed by atoms with Crippen molar-refractivity contribution in [3.63, 3.8) is 0 Å². The Hall–Kier alpha value is -1.35. The summed E-state index contributed by atoms with van der Waals surface area (Å²) in [4.78, 5) is 4.31. The second-order valence-electron chi connectivity index (χ2n) is 3.20. The third-order valence-corrected chi connectivity index (χ3v) is 2.30. The first kappa shape index (κ1) is 8.26. The Kier molecular flexibility index (Phi) is 2.27. The summed E-state index contributed by atoms with van der Waals surface area (Å²) in [5.74, 6) is 5.32. The van der Waals surface area contributed by atoms with E-state index in [9.17, 15) is 0 Å². The summed E-state index contributed by atoms with van der Waals surface area (Å²) in [6.45, 7) is 0. The molecule has 3 heteroatoms. The van der Waals surface area contributed by atoms with Crippen LogP contribution in [0.3, 0.4) is 0 Å². The van der Waals surface area contributed by atoms with Crippen LogP contribution in [0.2, 0.25) is 0 Å². The van der Waals surface area contributed by atoms with E-state index in [1.54, 1.807) is 6.20 Å². The van der Waals surface area contributed by atoms with Crippen LogP contribution in [0.4, 0.5) is 5.69 Å². The van der Waals surface area contributed by atoms with E-state index in [-0.39, 0.29) is 0 Å². The van der Waals surface area contributed by atoms with Crippen molar-refractivity contribution >= 4 is 11.3 Å². The van der Waals surface area contributed by atoms with E-state index >= 15 is 0 Å². The summed E-state index contributed by atoms with van der Waals surface area (Å²) < 4.78 is 0. The lowest BCUT2D eigenvalue weighted by Gasteiger charge is -2.03. The molecule has 13 heavy (non-hydrogen) atoms. The maximum atomic E-state index is 5.32. The fourth-order valence-electron chi connectivity index (χ4n) is 1.60. The number of hydrazine groups is 1. The summed E-state index contributed by atoms with van der Waals surface area (Å²) in [5, 5.41) is 0. The Labute approximate surface area is 77.6 Å². The van der Waals surface area contributed by atoms with Gasteiger partial charge in [0, 0.05) is 6.20 Å². The lowest BCUT2D eigenvalue weighted by molar-refractivity contribution is 0.933. The van der Waals surface area contributed by atoms with Gasteiger partial charge in [-0.15, -0.1) is 0 Å². The number of hydrogen-bond donors (Lipinski definition) is 2. The molecule has 3 N–H and O–H groups in total. The van der Waals surface area contributed by atoms with E-state index in [0.29, 0.717) is 0 Å². The summed E-state index contributed by atoms with van der Waals surface area (Å²) in [5.41, 5.74) is 5.93. The predicted octanol–water partition coefficient (Wildman–Crippen LogP) is 1.93. The van der Waals surface area contributed by atoms with Crippen LogP contribution in [0.5, 0.6) is 0 Å². The van der Waals surface area contributed by atoms with Gasteiger partial charge in [0.25, 0.3) is 0 Å². The van der Waals surface area contributed by atoms with Crippen molar-refractivity contribution in [2.24, 2.45) is 5.84 Å². The molecule has 1 aliphatic rings. The molecule has 68 valence electrons. The number of nitrogen functional groups attached to an aromatic ring is 1. The molecule has 0 saturated carbocycles. The first-order chi connectivity index (χ1) is 6.40. The maximum absolute atomic E-state index is 5.32. The van der Waals surface area contributed by atoms with Crippen molar-refractivity contribution < 1.29 is 0 Å². The number of nitrogens with zero attached hydrogens (tertiary/aromatic N) is 1. The van der Waals surface area contributed by atoms with Gasteiger partial charge in [0.2, 0.25) is 0 Å². The van der Waals surface area contributed by atoms with Crippen LogP contribution >= 0.6 is 0 Å². The molecular formula is C10H13N3. The van der Waals surface area contributed by atoms with Crippen LogP contribution in [0.1, 0.15) is 25.0 Å². The van der Waals surface area contributed by atoms with Crippen molar-refractivity contribution in [2.75, 3.05) is 5.43 Å². The Morgan fingerprint density at radius 1 is 1.46 bits per heavy atom. The van der Waals surface area contributed by atoms with Gasteiger partial charge in [-0.2, -0.15) is 0 Å². The fraction of sp³-hybridized carbons (Fsp3) is 0.300. The number of anilines is 1.